The fourth-order valence-electron chi connectivity index (χ4n) is 1.54. The van der Waals surface area contributed by atoms with Gasteiger partial charge in [0.2, 0.25) is 5.91 Å². The number of aliphatic carboxylic acids is 1. The van der Waals surface area contributed by atoms with E-state index in [1.54, 1.807) is 0 Å². The summed E-state index contributed by atoms with van der Waals surface area (Å²) in [6.45, 7) is 5.03. The van der Waals surface area contributed by atoms with Crippen LogP contribution in [0.3, 0.4) is 0 Å². The van der Waals surface area contributed by atoms with Crippen molar-refractivity contribution in [2.45, 2.75) is 19.9 Å². The Morgan fingerprint density at radius 3 is 2.86 bits per heavy atom. The largest absolute Gasteiger partial charge is 0.480 e. The van der Waals surface area contributed by atoms with E-state index in [4.69, 9.17) is 5.11 Å². The summed E-state index contributed by atoms with van der Waals surface area (Å²) in [5.74, 6) is -0.776. The number of carbonyl (C=O) groups excluding carboxylic acids is 1. The van der Waals surface area contributed by atoms with Crippen molar-refractivity contribution in [3.63, 3.8) is 0 Å². The van der Waals surface area contributed by atoms with E-state index < -0.39 is 12.0 Å². The van der Waals surface area contributed by atoms with Crippen molar-refractivity contribution >= 4 is 11.9 Å². The number of amides is 1. The lowest BCUT2D eigenvalue weighted by molar-refractivity contribution is -0.152. The molecular weight excluding hydrogens is 184 g/mol. The summed E-state index contributed by atoms with van der Waals surface area (Å²) in [6.07, 6.45) is 0. The Bertz CT molecular complexity index is 240. The molecule has 0 spiro atoms. The van der Waals surface area contributed by atoms with E-state index in [1.807, 2.05) is 13.8 Å². The molecule has 1 atom stereocenters. The van der Waals surface area contributed by atoms with Crippen LogP contribution < -0.4 is 5.32 Å². The third kappa shape index (κ3) is 2.45. The third-order valence-electron chi connectivity index (χ3n) is 2.16. The van der Waals surface area contributed by atoms with Gasteiger partial charge in [0, 0.05) is 13.1 Å². The maximum Gasteiger partial charge on any atom is 0.327 e. The Morgan fingerprint density at radius 2 is 2.36 bits per heavy atom. The Hall–Kier alpha value is -1.10. The summed E-state index contributed by atoms with van der Waals surface area (Å²) in [5.41, 5.74) is 0. The van der Waals surface area contributed by atoms with Crippen molar-refractivity contribution in [1.29, 1.82) is 0 Å². The second-order valence-electron chi connectivity index (χ2n) is 3.92. The molecule has 5 nitrogen and oxygen atoms in total. The van der Waals surface area contributed by atoms with Gasteiger partial charge in [0.1, 0.15) is 6.04 Å². The van der Waals surface area contributed by atoms with E-state index in [1.165, 1.54) is 4.90 Å². The summed E-state index contributed by atoms with van der Waals surface area (Å²) in [4.78, 5) is 23.8. The van der Waals surface area contributed by atoms with Crippen LogP contribution in [0, 0.1) is 5.92 Å². The molecule has 1 amide bonds. The van der Waals surface area contributed by atoms with Gasteiger partial charge in [0.05, 0.1) is 6.54 Å². The molecule has 80 valence electrons. The molecule has 1 aliphatic heterocycles. The number of rotatable bonds is 3. The minimum atomic E-state index is -0.939. The molecule has 1 fully saturated rings. The zero-order valence-electron chi connectivity index (χ0n) is 8.49. The molecule has 0 aromatic rings. The van der Waals surface area contributed by atoms with Gasteiger partial charge in [-0.25, -0.2) is 4.79 Å². The average molecular weight is 200 g/mol. The van der Waals surface area contributed by atoms with Crippen molar-refractivity contribution in [3.05, 3.63) is 0 Å². The van der Waals surface area contributed by atoms with Crippen molar-refractivity contribution in [2.24, 2.45) is 5.92 Å². The lowest BCUT2D eigenvalue weighted by Gasteiger charge is -2.34. The van der Waals surface area contributed by atoms with Crippen molar-refractivity contribution in [2.75, 3.05) is 19.6 Å². The molecule has 0 aromatic heterocycles. The number of carbonyl (C=O) groups is 2. The zero-order chi connectivity index (χ0) is 10.7. The molecule has 0 bridgehead atoms. The van der Waals surface area contributed by atoms with E-state index in [-0.39, 0.29) is 12.5 Å². The van der Waals surface area contributed by atoms with E-state index in [0.29, 0.717) is 19.0 Å². The maximum atomic E-state index is 11.4. The van der Waals surface area contributed by atoms with E-state index in [0.717, 1.165) is 0 Å². The van der Waals surface area contributed by atoms with E-state index in [9.17, 15) is 9.59 Å². The SMILES string of the molecule is CC(C)CN1C(=O)CNCC1C(=O)O. The van der Waals surface area contributed by atoms with Crippen LogP contribution in [0.1, 0.15) is 13.8 Å². The van der Waals surface area contributed by atoms with Gasteiger partial charge < -0.3 is 15.3 Å². The normalized spacial score (nSPS) is 22.9. The summed E-state index contributed by atoms with van der Waals surface area (Å²) < 4.78 is 0. The minimum absolute atomic E-state index is 0.127. The van der Waals surface area contributed by atoms with Gasteiger partial charge in [-0.3, -0.25) is 4.79 Å². The number of nitrogens with zero attached hydrogens (tertiary/aromatic N) is 1. The molecule has 5 heteroatoms. The van der Waals surface area contributed by atoms with Gasteiger partial charge in [-0.05, 0) is 5.92 Å². The van der Waals surface area contributed by atoms with Gasteiger partial charge in [-0.15, -0.1) is 0 Å². The number of carboxylic acid groups (broad SMARTS) is 1. The van der Waals surface area contributed by atoms with Crippen LogP contribution in [0.2, 0.25) is 0 Å². The van der Waals surface area contributed by atoms with Crippen LogP contribution >= 0.6 is 0 Å². The maximum absolute atomic E-state index is 11.4. The Kier molecular flexibility index (Phi) is 3.46. The summed E-state index contributed by atoms with van der Waals surface area (Å²) in [7, 11) is 0. The molecule has 2 N–H and O–H groups in total. The second-order valence-corrected chi connectivity index (χ2v) is 3.92. The number of hydrogen-bond donors (Lipinski definition) is 2. The first kappa shape index (κ1) is 11.0. The van der Waals surface area contributed by atoms with Gasteiger partial charge in [-0.2, -0.15) is 0 Å². The summed E-state index contributed by atoms with van der Waals surface area (Å²) in [6, 6.07) is -0.710. The average Bonchev–Trinajstić information content (AvgIpc) is 2.07. The molecule has 1 saturated heterocycles. The highest BCUT2D eigenvalue weighted by atomic mass is 16.4. The standard InChI is InChI=1S/C9H16N2O3/c1-6(2)5-11-7(9(13)14)3-10-4-8(11)12/h6-7,10H,3-5H2,1-2H3,(H,13,14). The van der Waals surface area contributed by atoms with Crippen molar-refractivity contribution in [1.82, 2.24) is 10.2 Å². The van der Waals surface area contributed by atoms with Gasteiger partial charge in [0.15, 0.2) is 0 Å². The third-order valence-corrected chi connectivity index (χ3v) is 2.16. The molecule has 1 unspecified atom stereocenters. The number of carboxylic acids is 1. The van der Waals surface area contributed by atoms with Gasteiger partial charge >= 0.3 is 5.97 Å². The highest BCUT2D eigenvalue weighted by Crippen LogP contribution is 2.08. The molecule has 14 heavy (non-hydrogen) atoms. The predicted molar refractivity (Wildman–Crippen MR) is 50.8 cm³/mol. The van der Waals surface area contributed by atoms with Crippen molar-refractivity contribution < 1.29 is 14.7 Å². The molecule has 0 aliphatic carbocycles. The highest BCUT2D eigenvalue weighted by Gasteiger charge is 2.32. The first-order valence-electron chi connectivity index (χ1n) is 4.75. The van der Waals surface area contributed by atoms with E-state index in [2.05, 4.69) is 5.32 Å². The fraction of sp³-hybridized carbons (Fsp3) is 0.778. The zero-order valence-corrected chi connectivity index (χ0v) is 8.49. The fourth-order valence-corrected chi connectivity index (χ4v) is 1.54. The Labute approximate surface area is 83.1 Å². The quantitative estimate of drug-likeness (QED) is 0.646. The number of piperazine rings is 1. The van der Waals surface area contributed by atoms with Gasteiger partial charge in [0.25, 0.3) is 0 Å². The van der Waals surface area contributed by atoms with E-state index >= 15 is 0 Å². The van der Waals surface area contributed by atoms with Crippen molar-refractivity contribution in [3.8, 4) is 0 Å². The number of nitrogens with one attached hydrogen (secondary N) is 1. The molecule has 1 heterocycles. The summed E-state index contributed by atoms with van der Waals surface area (Å²) >= 11 is 0. The highest BCUT2D eigenvalue weighted by molar-refractivity contribution is 5.86. The lowest BCUT2D eigenvalue weighted by atomic mass is 10.1. The lowest BCUT2D eigenvalue weighted by Crippen LogP contribution is -2.58. The molecular formula is C9H16N2O3. The molecule has 1 rings (SSSR count). The predicted octanol–water partition coefficient (Wildman–Crippen LogP) is -0.473. The summed E-state index contributed by atoms with van der Waals surface area (Å²) in [5, 5.41) is 11.7. The monoisotopic (exact) mass is 200 g/mol. The topological polar surface area (TPSA) is 69.6 Å². The smallest absolute Gasteiger partial charge is 0.327 e. The van der Waals surface area contributed by atoms with Crippen LogP contribution in [0.25, 0.3) is 0 Å². The minimum Gasteiger partial charge on any atom is -0.480 e. The van der Waals surface area contributed by atoms with Gasteiger partial charge in [-0.1, -0.05) is 13.8 Å². The molecule has 0 saturated carbocycles. The van der Waals surface area contributed by atoms with Crippen LogP contribution in [-0.2, 0) is 9.59 Å². The molecule has 1 aliphatic rings. The Balaban J connectivity index is 2.70. The molecule has 0 aromatic carbocycles. The van der Waals surface area contributed by atoms with Crippen LogP contribution in [0.4, 0.5) is 0 Å². The van der Waals surface area contributed by atoms with Crippen LogP contribution in [-0.4, -0.2) is 47.6 Å². The second kappa shape index (κ2) is 4.41. The first-order chi connectivity index (χ1) is 6.52. The Morgan fingerprint density at radius 1 is 1.71 bits per heavy atom. The van der Waals surface area contributed by atoms with Crippen LogP contribution in [0.15, 0.2) is 0 Å². The number of hydrogen-bond acceptors (Lipinski definition) is 3. The molecule has 0 radical (unpaired) electrons. The first-order valence-corrected chi connectivity index (χ1v) is 4.75. The van der Waals surface area contributed by atoms with Crippen LogP contribution in [0.5, 0.6) is 0 Å².